The molecule has 0 spiro atoms. The molecule has 180 valence electrons. The summed E-state index contributed by atoms with van der Waals surface area (Å²) in [6.45, 7) is 0. The van der Waals surface area contributed by atoms with Crippen LogP contribution in [0.25, 0.3) is 28.6 Å². The molecule has 5 rings (SSSR count). The second-order valence-electron chi connectivity index (χ2n) is 8.65. The topological polar surface area (TPSA) is 91.8 Å². The van der Waals surface area contributed by atoms with Crippen LogP contribution in [0.3, 0.4) is 0 Å². The third kappa shape index (κ3) is 4.97. The van der Waals surface area contributed by atoms with Crippen LogP contribution in [0, 0.1) is 11.7 Å². The quantitative estimate of drug-likeness (QED) is 0.223. The normalized spacial score (nSPS) is 14.5. The summed E-state index contributed by atoms with van der Waals surface area (Å²) in [6.07, 6.45) is 5.83. The Kier molecular flexibility index (Phi) is 6.73. The highest BCUT2D eigenvalue weighted by Gasteiger charge is 2.28. The molecule has 1 aliphatic carbocycles. The maximum absolute atomic E-state index is 13.9. The van der Waals surface area contributed by atoms with E-state index < -0.39 is 5.97 Å². The van der Waals surface area contributed by atoms with Gasteiger partial charge in [-0.05, 0) is 75.6 Å². The van der Waals surface area contributed by atoms with Crippen LogP contribution in [-0.2, 0) is 4.79 Å². The summed E-state index contributed by atoms with van der Waals surface area (Å²) in [6, 6.07) is 20.2. The molecule has 0 saturated heterocycles. The predicted octanol–water partition coefficient (Wildman–Crippen LogP) is 6.52. The van der Waals surface area contributed by atoms with Crippen molar-refractivity contribution in [3.05, 3.63) is 106 Å². The van der Waals surface area contributed by atoms with Gasteiger partial charge in [-0.2, -0.15) is 5.21 Å². The molecule has 0 atom stereocenters. The first kappa shape index (κ1) is 23.6. The number of nitrogens with zero attached hydrogens (tertiary/aromatic N) is 3. The number of carboxylic acid groups (broad SMARTS) is 1. The van der Waals surface area contributed by atoms with Gasteiger partial charge in [-0.15, -0.1) is 10.2 Å². The second-order valence-corrected chi connectivity index (χ2v) is 9.05. The van der Waals surface area contributed by atoms with Crippen molar-refractivity contribution in [3.8, 4) is 11.4 Å². The molecule has 6 nitrogen and oxygen atoms in total. The van der Waals surface area contributed by atoms with E-state index in [0.717, 1.165) is 64.3 Å². The minimum absolute atomic E-state index is 0.284. The Bertz CT molecular complexity index is 1440. The average molecular weight is 501 g/mol. The monoisotopic (exact) mass is 500 g/mol. The van der Waals surface area contributed by atoms with E-state index in [1.54, 1.807) is 12.1 Å². The molecule has 1 fully saturated rings. The maximum Gasteiger partial charge on any atom is 0.328 e. The van der Waals surface area contributed by atoms with Gasteiger partial charge in [0, 0.05) is 11.6 Å². The Balaban J connectivity index is 1.69. The number of aromatic nitrogens is 4. The number of rotatable bonds is 7. The van der Waals surface area contributed by atoms with Crippen molar-refractivity contribution in [1.82, 2.24) is 20.6 Å². The molecule has 3 aromatic carbocycles. The number of nitrogens with one attached hydrogen (secondary N) is 1. The number of aromatic amines is 1. The maximum atomic E-state index is 13.9. The lowest BCUT2D eigenvalue weighted by Crippen LogP contribution is -2.15. The summed E-state index contributed by atoms with van der Waals surface area (Å²) < 4.78 is 13.9. The van der Waals surface area contributed by atoms with Crippen LogP contribution in [0.5, 0.6) is 0 Å². The first-order valence-electron chi connectivity index (χ1n) is 11.5. The lowest BCUT2D eigenvalue weighted by molar-refractivity contribution is -0.131. The van der Waals surface area contributed by atoms with Gasteiger partial charge in [0.25, 0.3) is 0 Å². The van der Waals surface area contributed by atoms with E-state index in [4.69, 9.17) is 16.7 Å². The summed E-state index contributed by atoms with van der Waals surface area (Å²) in [5, 5.41) is 23.5. The number of halogens is 2. The van der Waals surface area contributed by atoms with Gasteiger partial charge in [0.15, 0.2) is 0 Å². The zero-order chi connectivity index (χ0) is 25.1. The summed E-state index contributed by atoms with van der Waals surface area (Å²) in [5.74, 6) is -0.592. The van der Waals surface area contributed by atoms with Gasteiger partial charge in [0.05, 0.1) is 5.02 Å². The zero-order valence-electron chi connectivity index (χ0n) is 19.2. The number of allylic oxidation sites excluding steroid dienone is 1. The van der Waals surface area contributed by atoms with Gasteiger partial charge >= 0.3 is 5.97 Å². The molecule has 1 aromatic heterocycles. The fourth-order valence-electron chi connectivity index (χ4n) is 4.44. The fraction of sp³-hybridized carbons (Fsp3) is 0.143. The van der Waals surface area contributed by atoms with Gasteiger partial charge in [0.1, 0.15) is 5.82 Å². The molecule has 36 heavy (non-hydrogen) atoms. The summed E-state index contributed by atoms with van der Waals surface area (Å²) in [5.41, 5.74) is 6.42. The third-order valence-electron chi connectivity index (χ3n) is 6.40. The van der Waals surface area contributed by atoms with Gasteiger partial charge in [-0.25, -0.2) is 9.18 Å². The van der Waals surface area contributed by atoms with Crippen LogP contribution in [0.15, 0.2) is 72.8 Å². The van der Waals surface area contributed by atoms with E-state index in [-0.39, 0.29) is 11.7 Å². The standard InChI is InChI=1S/C28H22ClFN4O2/c29-24-16-22(30)13-14-23(24)27(18-2-1-3-18)26(19-7-4-17(5-8-19)6-15-25(35)36)20-9-11-21(12-10-20)28-31-33-34-32-28/h4-16,18H,1-3H2,(H,35,36)(H,31,32,33,34)/b15-6+,27-26+. The largest absolute Gasteiger partial charge is 0.478 e. The van der Waals surface area contributed by atoms with Crippen molar-refractivity contribution in [3.63, 3.8) is 0 Å². The van der Waals surface area contributed by atoms with E-state index in [0.29, 0.717) is 10.8 Å². The molecule has 1 saturated carbocycles. The number of benzene rings is 3. The molecular formula is C28H22ClFN4O2. The van der Waals surface area contributed by atoms with Crippen LogP contribution in [0.2, 0.25) is 5.02 Å². The Morgan fingerprint density at radius 3 is 2.28 bits per heavy atom. The first-order chi connectivity index (χ1) is 17.5. The Morgan fingerprint density at radius 2 is 1.72 bits per heavy atom. The number of H-pyrrole nitrogens is 1. The van der Waals surface area contributed by atoms with Crippen molar-refractivity contribution in [2.75, 3.05) is 0 Å². The van der Waals surface area contributed by atoms with Gasteiger partial charge in [0.2, 0.25) is 5.82 Å². The van der Waals surface area contributed by atoms with Crippen molar-refractivity contribution in [2.45, 2.75) is 19.3 Å². The molecule has 0 unspecified atom stereocenters. The van der Waals surface area contributed by atoms with E-state index in [1.165, 1.54) is 12.1 Å². The van der Waals surface area contributed by atoms with Crippen LogP contribution in [-0.4, -0.2) is 31.7 Å². The van der Waals surface area contributed by atoms with Gasteiger partial charge < -0.3 is 5.11 Å². The number of carboxylic acids is 1. The number of aliphatic carboxylic acids is 1. The number of hydrogen-bond acceptors (Lipinski definition) is 4. The molecule has 8 heteroatoms. The Morgan fingerprint density at radius 1 is 1.03 bits per heavy atom. The van der Waals surface area contributed by atoms with Gasteiger partial charge in [-0.3, -0.25) is 0 Å². The van der Waals surface area contributed by atoms with Crippen LogP contribution in [0.1, 0.15) is 41.5 Å². The minimum atomic E-state index is -1.00. The van der Waals surface area contributed by atoms with E-state index in [9.17, 15) is 9.18 Å². The van der Waals surface area contributed by atoms with E-state index in [2.05, 4.69) is 20.6 Å². The third-order valence-corrected chi connectivity index (χ3v) is 6.71. The van der Waals surface area contributed by atoms with Crippen molar-refractivity contribution >= 4 is 34.8 Å². The molecule has 1 heterocycles. The summed E-state index contributed by atoms with van der Waals surface area (Å²) >= 11 is 6.59. The van der Waals surface area contributed by atoms with E-state index in [1.807, 2.05) is 48.5 Å². The van der Waals surface area contributed by atoms with Gasteiger partial charge in [-0.1, -0.05) is 72.6 Å². The summed E-state index contributed by atoms with van der Waals surface area (Å²) in [4.78, 5) is 10.9. The zero-order valence-corrected chi connectivity index (χ0v) is 19.9. The number of tetrazole rings is 1. The molecule has 0 radical (unpaired) electrons. The Labute approximate surface area is 212 Å². The fourth-order valence-corrected chi connectivity index (χ4v) is 4.71. The highest BCUT2D eigenvalue weighted by atomic mass is 35.5. The molecule has 0 aliphatic heterocycles. The highest BCUT2D eigenvalue weighted by Crippen LogP contribution is 2.46. The van der Waals surface area contributed by atoms with Crippen molar-refractivity contribution < 1.29 is 14.3 Å². The molecule has 0 amide bonds. The average Bonchev–Trinajstić information content (AvgIpc) is 3.38. The predicted molar refractivity (Wildman–Crippen MR) is 137 cm³/mol. The smallest absolute Gasteiger partial charge is 0.328 e. The van der Waals surface area contributed by atoms with E-state index >= 15 is 0 Å². The molecule has 0 bridgehead atoms. The lowest BCUT2D eigenvalue weighted by Gasteiger charge is -2.32. The molecule has 1 aliphatic rings. The second kappa shape index (κ2) is 10.3. The molecular weight excluding hydrogens is 479 g/mol. The first-order valence-corrected chi connectivity index (χ1v) is 11.9. The minimum Gasteiger partial charge on any atom is -0.478 e. The van der Waals surface area contributed by atoms with Crippen molar-refractivity contribution in [2.24, 2.45) is 5.92 Å². The van der Waals surface area contributed by atoms with Crippen LogP contribution < -0.4 is 0 Å². The summed E-state index contributed by atoms with van der Waals surface area (Å²) in [7, 11) is 0. The Hall–Kier alpha value is -4.10. The number of carbonyl (C=O) groups is 1. The van der Waals surface area contributed by atoms with Crippen molar-refractivity contribution in [1.29, 1.82) is 0 Å². The SMILES string of the molecule is O=C(O)/C=C/c1ccc(/C(=C(\c2ccc(F)cc2Cl)C2CCC2)c2ccc(-c3nn[nH]n3)cc2)cc1. The van der Waals surface area contributed by atoms with Crippen LogP contribution >= 0.6 is 11.6 Å². The molecule has 4 aromatic rings. The van der Waals surface area contributed by atoms with Crippen LogP contribution in [0.4, 0.5) is 4.39 Å². The lowest BCUT2D eigenvalue weighted by atomic mass is 9.73. The molecule has 2 N–H and O–H groups in total. The highest BCUT2D eigenvalue weighted by molar-refractivity contribution is 6.32. The number of hydrogen-bond donors (Lipinski definition) is 2.